The predicted octanol–water partition coefficient (Wildman–Crippen LogP) is 3.28. The van der Waals surface area contributed by atoms with E-state index in [1.165, 1.54) is 12.7 Å². The van der Waals surface area contributed by atoms with Crippen LogP contribution in [0.5, 0.6) is 0 Å². The second-order valence-electron chi connectivity index (χ2n) is 5.00. The second kappa shape index (κ2) is 4.54. The van der Waals surface area contributed by atoms with E-state index >= 15 is 0 Å². The molecule has 0 heterocycles. The molecule has 0 amide bonds. The van der Waals surface area contributed by atoms with E-state index < -0.39 is 5.41 Å². The topological polar surface area (TPSA) is 26.3 Å². The summed E-state index contributed by atoms with van der Waals surface area (Å²) in [6.45, 7) is 0. The minimum atomic E-state index is -0.489. The summed E-state index contributed by atoms with van der Waals surface area (Å²) in [7, 11) is 1.47. The quantitative estimate of drug-likeness (QED) is 0.784. The van der Waals surface area contributed by atoms with E-state index in [0.717, 1.165) is 12.0 Å². The average Bonchev–Trinajstić information content (AvgIpc) is 3.25. The van der Waals surface area contributed by atoms with Gasteiger partial charge < -0.3 is 4.74 Å². The molecule has 2 unspecified atom stereocenters. The molecule has 0 radical (unpaired) electrons. The Labute approximate surface area is 113 Å². The van der Waals surface area contributed by atoms with E-state index in [0.29, 0.717) is 0 Å². The number of hydrogen-bond acceptors (Lipinski definition) is 2. The highest BCUT2D eigenvalue weighted by molar-refractivity contribution is 5.89. The molecule has 1 aliphatic carbocycles. The van der Waals surface area contributed by atoms with E-state index in [1.807, 2.05) is 48.5 Å². The summed E-state index contributed by atoms with van der Waals surface area (Å²) in [6.07, 6.45) is 0.827. The van der Waals surface area contributed by atoms with Gasteiger partial charge in [-0.25, -0.2) is 0 Å². The van der Waals surface area contributed by atoms with Gasteiger partial charge in [0.15, 0.2) is 0 Å². The first-order valence-electron chi connectivity index (χ1n) is 6.48. The normalized spacial score (nSPS) is 24.8. The lowest BCUT2D eigenvalue weighted by Gasteiger charge is -2.15. The molecule has 2 nitrogen and oxygen atoms in total. The standard InChI is InChI=1S/C17H16O2/c1-19-16(18)17(14-10-6-3-7-11-14)12-15(17)13-8-4-2-5-9-13/h2-11,15H,12H2,1H3. The van der Waals surface area contributed by atoms with E-state index in [-0.39, 0.29) is 11.9 Å². The molecule has 0 aromatic heterocycles. The van der Waals surface area contributed by atoms with Gasteiger partial charge in [0.1, 0.15) is 5.41 Å². The van der Waals surface area contributed by atoms with Gasteiger partial charge >= 0.3 is 5.97 Å². The van der Waals surface area contributed by atoms with E-state index in [4.69, 9.17) is 4.74 Å². The summed E-state index contributed by atoms with van der Waals surface area (Å²) in [5.74, 6) is 0.0936. The number of carbonyl (C=O) groups is 1. The van der Waals surface area contributed by atoms with Crippen LogP contribution in [0.1, 0.15) is 23.5 Å². The van der Waals surface area contributed by atoms with Crippen LogP contribution in [0.2, 0.25) is 0 Å². The molecule has 1 saturated carbocycles. The fraction of sp³-hybridized carbons (Fsp3) is 0.235. The lowest BCUT2D eigenvalue weighted by Crippen LogP contribution is -2.24. The summed E-state index contributed by atoms with van der Waals surface area (Å²) in [5.41, 5.74) is 1.77. The highest BCUT2D eigenvalue weighted by atomic mass is 16.5. The lowest BCUT2D eigenvalue weighted by atomic mass is 9.91. The summed E-state index contributed by atoms with van der Waals surface area (Å²) < 4.78 is 5.04. The molecule has 0 N–H and O–H groups in total. The highest BCUT2D eigenvalue weighted by Crippen LogP contribution is 2.61. The van der Waals surface area contributed by atoms with Crippen LogP contribution < -0.4 is 0 Å². The van der Waals surface area contributed by atoms with Gasteiger partial charge in [0, 0.05) is 5.92 Å². The number of benzene rings is 2. The highest BCUT2D eigenvalue weighted by Gasteiger charge is 2.62. The summed E-state index contributed by atoms with van der Waals surface area (Å²) in [4.78, 5) is 12.3. The fourth-order valence-corrected chi connectivity index (χ4v) is 2.93. The zero-order valence-corrected chi connectivity index (χ0v) is 10.9. The molecule has 2 atom stereocenters. The Hall–Kier alpha value is -2.09. The molecular formula is C17H16O2. The van der Waals surface area contributed by atoms with Crippen LogP contribution in [0.25, 0.3) is 0 Å². The Balaban J connectivity index is 2.01. The van der Waals surface area contributed by atoms with Crippen LogP contribution in [-0.4, -0.2) is 13.1 Å². The Morgan fingerprint density at radius 3 is 2.21 bits per heavy atom. The molecule has 0 spiro atoms. The van der Waals surface area contributed by atoms with Gasteiger partial charge in [-0.05, 0) is 17.5 Å². The SMILES string of the molecule is COC(=O)C1(c2ccccc2)CC1c1ccccc1. The maximum atomic E-state index is 12.3. The molecule has 1 fully saturated rings. The van der Waals surface area contributed by atoms with Gasteiger partial charge in [0.2, 0.25) is 0 Å². The predicted molar refractivity (Wildman–Crippen MR) is 73.9 cm³/mol. The Morgan fingerprint density at radius 2 is 1.63 bits per heavy atom. The number of carbonyl (C=O) groups excluding carboxylic acids is 1. The third-order valence-electron chi connectivity index (χ3n) is 4.00. The van der Waals surface area contributed by atoms with Crippen molar-refractivity contribution in [2.24, 2.45) is 0 Å². The molecule has 19 heavy (non-hydrogen) atoms. The van der Waals surface area contributed by atoms with Crippen molar-refractivity contribution in [3.05, 3.63) is 71.8 Å². The van der Waals surface area contributed by atoms with Crippen LogP contribution in [0.4, 0.5) is 0 Å². The van der Waals surface area contributed by atoms with Crippen LogP contribution in [-0.2, 0) is 14.9 Å². The second-order valence-corrected chi connectivity index (χ2v) is 5.00. The van der Waals surface area contributed by atoms with Crippen LogP contribution in [0, 0.1) is 0 Å². The smallest absolute Gasteiger partial charge is 0.316 e. The van der Waals surface area contributed by atoms with Gasteiger partial charge in [-0.15, -0.1) is 0 Å². The molecule has 2 heteroatoms. The van der Waals surface area contributed by atoms with Crippen molar-refractivity contribution in [1.82, 2.24) is 0 Å². The third kappa shape index (κ3) is 1.84. The minimum absolute atomic E-state index is 0.132. The maximum Gasteiger partial charge on any atom is 0.316 e. The van der Waals surface area contributed by atoms with Crippen molar-refractivity contribution >= 4 is 5.97 Å². The first-order chi connectivity index (χ1) is 9.29. The monoisotopic (exact) mass is 252 g/mol. The fourth-order valence-electron chi connectivity index (χ4n) is 2.93. The number of hydrogen-bond donors (Lipinski definition) is 0. The minimum Gasteiger partial charge on any atom is -0.468 e. The first kappa shape index (κ1) is 12.0. The zero-order valence-electron chi connectivity index (χ0n) is 10.9. The molecule has 2 aromatic carbocycles. The van der Waals surface area contributed by atoms with Crippen LogP contribution in [0.3, 0.4) is 0 Å². The van der Waals surface area contributed by atoms with Crippen molar-refractivity contribution in [2.45, 2.75) is 17.8 Å². The Kier molecular flexibility index (Phi) is 2.86. The number of ether oxygens (including phenoxy) is 1. The van der Waals surface area contributed by atoms with Gasteiger partial charge in [0.25, 0.3) is 0 Å². The van der Waals surface area contributed by atoms with Crippen LogP contribution >= 0.6 is 0 Å². The zero-order chi connectivity index (χ0) is 13.3. The molecule has 0 saturated heterocycles. The maximum absolute atomic E-state index is 12.3. The average molecular weight is 252 g/mol. The van der Waals surface area contributed by atoms with Crippen LogP contribution in [0.15, 0.2) is 60.7 Å². The summed E-state index contributed by atoms with van der Waals surface area (Å²) >= 11 is 0. The molecular weight excluding hydrogens is 236 g/mol. The van der Waals surface area contributed by atoms with Crippen molar-refractivity contribution in [3.8, 4) is 0 Å². The number of methoxy groups -OCH3 is 1. The summed E-state index contributed by atoms with van der Waals surface area (Å²) in [5, 5.41) is 0. The first-order valence-corrected chi connectivity index (χ1v) is 6.48. The molecule has 96 valence electrons. The largest absolute Gasteiger partial charge is 0.468 e. The van der Waals surface area contributed by atoms with Gasteiger partial charge in [-0.1, -0.05) is 60.7 Å². The van der Waals surface area contributed by atoms with Gasteiger partial charge in [-0.3, -0.25) is 4.79 Å². The molecule has 2 aromatic rings. The lowest BCUT2D eigenvalue weighted by molar-refractivity contribution is -0.143. The van der Waals surface area contributed by atoms with Gasteiger partial charge in [0.05, 0.1) is 7.11 Å². The Bertz CT molecular complexity index is 577. The van der Waals surface area contributed by atoms with Crippen molar-refractivity contribution in [1.29, 1.82) is 0 Å². The molecule has 0 aliphatic heterocycles. The van der Waals surface area contributed by atoms with Crippen molar-refractivity contribution in [2.75, 3.05) is 7.11 Å². The van der Waals surface area contributed by atoms with E-state index in [2.05, 4.69) is 12.1 Å². The molecule has 1 aliphatic rings. The van der Waals surface area contributed by atoms with E-state index in [1.54, 1.807) is 0 Å². The van der Waals surface area contributed by atoms with Crippen molar-refractivity contribution in [3.63, 3.8) is 0 Å². The number of esters is 1. The Morgan fingerprint density at radius 1 is 1.05 bits per heavy atom. The van der Waals surface area contributed by atoms with Crippen molar-refractivity contribution < 1.29 is 9.53 Å². The molecule has 3 rings (SSSR count). The third-order valence-corrected chi connectivity index (χ3v) is 4.00. The summed E-state index contributed by atoms with van der Waals surface area (Å²) in [6, 6.07) is 20.1. The van der Waals surface area contributed by atoms with E-state index in [9.17, 15) is 4.79 Å². The number of rotatable bonds is 3. The molecule has 0 bridgehead atoms. The van der Waals surface area contributed by atoms with Gasteiger partial charge in [-0.2, -0.15) is 0 Å².